The van der Waals surface area contributed by atoms with Crippen molar-refractivity contribution < 1.29 is 0 Å². The summed E-state index contributed by atoms with van der Waals surface area (Å²) in [6.45, 7) is 6.65. The summed E-state index contributed by atoms with van der Waals surface area (Å²) in [5, 5.41) is 0. The number of allylic oxidation sites excluding steroid dienone is 1. The number of hydrogen-bond acceptors (Lipinski definition) is 1. The van der Waals surface area contributed by atoms with Crippen LogP contribution in [0.3, 0.4) is 0 Å². The normalized spacial score (nSPS) is 32.7. The first-order valence-electron chi connectivity index (χ1n) is 5.10. The average Bonchev–Trinajstić information content (AvgIpc) is 2.70. The van der Waals surface area contributed by atoms with Crippen LogP contribution in [0.25, 0.3) is 0 Å². The van der Waals surface area contributed by atoms with E-state index in [0.29, 0.717) is 5.41 Å². The maximum atomic E-state index is 6.25. The molecule has 0 aromatic carbocycles. The average molecular weight is 167 g/mol. The Hall–Kier alpha value is -0.300. The molecular weight excluding hydrogens is 146 g/mol. The molecule has 12 heavy (non-hydrogen) atoms. The molecule has 0 aliphatic heterocycles. The van der Waals surface area contributed by atoms with Crippen LogP contribution in [0.2, 0.25) is 0 Å². The largest absolute Gasteiger partial charge is 0.321 e. The fourth-order valence-electron chi connectivity index (χ4n) is 2.24. The summed E-state index contributed by atoms with van der Waals surface area (Å²) in [6, 6.07) is 0. The molecule has 0 aromatic heterocycles. The molecule has 1 aliphatic carbocycles. The fourth-order valence-corrected chi connectivity index (χ4v) is 2.24. The van der Waals surface area contributed by atoms with Crippen molar-refractivity contribution in [1.29, 1.82) is 0 Å². The van der Waals surface area contributed by atoms with Crippen molar-refractivity contribution in [3.63, 3.8) is 0 Å². The second kappa shape index (κ2) is 3.21. The summed E-state index contributed by atoms with van der Waals surface area (Å²) in [4.78, 5) is 0. The Kier molecular flexibility index (Phi) is 2.62. The molecule has 0 spiro atoms. The minimum Gasteiger partial charge on any atom is -0.321 e. The van der Waals surface area contributed by atoms with Gasteiger partial charge in [0.1, 0.15) is 0 Å². The summed E-state index contributed by atoms with van der Waals surface area (Å²) in [7, 11) is 0. The van der Waals surface area contributed by atoms with Crippen molar-refractivity contribution in [3.8, 4) is 0 Å². The lowest BCUT2D eigenvalue weighted by molar-refractivity contribution is 0.420. The Balaban J connectivity index is 2.61. The highest BCUT2D eigenvalue weighted by Gasteiger charge is 2.60. The third-order valence-electron chi connectivity index (χ3n) is 3.50. The molecule has 70 valence electrons. The Morgan fingerprint density at radius 3 is 2.17 bits per heavy atom. The first-order chi connectivity index (χ1) is 5.64. The molecule has 0 saturated heterocycles. The molecule has 1 nitrogen and oxygen atoms in total. The molecule has 1 saturated carbocycles. The number of nitrogens with two attached hydrogens (primary N) is 1. The second-order valence-electron chi connectivity index (χ2n) is 4.02. The van der Waals surface area contributed by atoms with Gasteiger partial charge in [-0.3, -0.25) is 0 Å². The summed E-state index contributed by atoms with van der Waals surface area (Å²) >= 11 is 0. The van der Waals surface area contributed by atoms with Gasteiger partial charge >= 0.3 is 0 Å². The van der Waals surface area contributed by atoms with Gasteiger partial charge in [0, 0.05) is 5.54 Å². The van der Waals surface area contributed by atoms with Crippen molar-refractivity contribution in [2.75, 3.05) is 0 Å². The summed E-state index contributed by atoms with van der Waals surface area (Å²) in [5.74, 6) is 0. The van der Waals surface area contributed by atoms with Crippen LogP contribution in [-0.2, 0) is 0 Å². The van der Waals surface area contributed by atoms with Crippen LogP contribution in [0, 0.1) is 5.41 Å². The SMILES string of the molecule is CCC=CC1(N)CC1(CC)CC. The van der Waals surface area contributed by atoms with Crippen LogP contribution in [-0.4, -0.2) is 5.54 Å². The summed E-state index contributed by atoms with van der Waals surface area (Å²) < 4.78 is 0. The van der Waals surface area contributed by atoms with Crippen LogP contribution in [0.15, 0.2) is 12.2 Å². The van der Waals surface area contributed by atoms with Gasteiger partial charge in [-0.05, 0) is 31.1 Å². The molecule has 0 radical (unpaired) electrons. The molecule has 2 N–H and O–H groups in total. The molecule has 0 aromatic rings. The van der Waals surface area contributed by atoms with Crippen molar-refractivity contribution in [1.82, 2.24) is 0 Å². The van der Waals surface area contributed by atoms with Crippen molar-refractivity contribution in [2.45, 2.75) is 52.0 Å². The van der Waals surface area contributed by atoms with Crippen LogP contribution >= 0.6 is 0 Å². The first kappa shape index (κ1) is 9.79. The summed E-state index contributed by atoms with van der Waals surface area (Å²) in [6.07, 6.45) is 9.14. The van der Waals surface area contributed by atoms with Crippen LogP contribution in [0.4, 0.5) is 0 Å². The van der Waals surface area contributed by atoms with E-state index in [-0.39, 0.29) is 5.54 Å². The maximum absolute atomic E-state index is 6.25. The zero-order valence-electron chi connectivity index (χ0n) is 8.56. The molecule has 1 aliphatic rings. The predicted octanol–water partition coefficient (Wildman–Crippen LogP) is 2.86. The number of rotatable bonds is 4. The van der Waals surface area contributed by atoms with Gasteiger partial charge in [0.15, 0.2) is 0 Å². The molecule has 1 atom stereocenters. The first-order valence-corrected chi connectivity index (χ1v) is 5.10. The van der Waals surface area contributed by atoms with E-state index < -0.39 is 0 Å². The van der Waals surface area contributed by atoms with Crippen LogP contribution in [0.1, 0.15) is 46.5 Å². The molecule has 1 unspecified atom stereocenters. The fraction of sp³-hybridized carbons (Fsp3) is 0.818. The Bertz CT molecular complexity index is 179. The van der Waals surface area contributed by atoms with Crippen LogP contribution in [0.5, 0.6) is 0 Å². The van der Waals surface area contributed by atoms with Crippen LogP contribution < -0.4 is 5.73 Å². The maximum Gasteiger partial charge on any atom is 0.0403 e. The van der Waals surface area contributed by atoms with E-state index in [1.165, 1.54) is 19.3 Å². The zero-order chi connectivity index (χ0) is 9.24. The van der Waals surface area contributed by atoms with E-state index in [4.69, 9.17) is 5.73 Å². The predicted molar refractivity (Wildman–Crippen MR) is 54.0 cm³/mol. The van der Waals surface area contributed by atoms with E-state index in [1.807, 2.05) is 0 Å². The van der Waals surface area contributed by atoms with E-state index in [0.717, 1.165) is 6.42 Å². The molecule has 0 amide bonds. The highest BCUT2D eigenvalue weighted by Crippen LogP contribution is 2.60. The van der Waals surface area contributed by atoms with Gasteiger partial charge in [-0.15, -0.1) is 0 Å². The van der Waals surface area contributed by atoms with Crippen molar-refractivity contribution in [3.05, 3.63) is 12.2 Å². The van der Waals surface area contributed by atoms with Crippen molar-refractivity contribution in [2.24, 2.45) is 11.1 Å². The van der Waals surface area contributed by atoms with Gasteiger partial charge < -0.3 is 5.73 Å². The molecule has 0 bridgehead atoms. The zero-order valence-corrected chi connectivity index (χ0v) is 8.56. The highest BCUT2D eigenvalue weighted by atomic mass is 14.9. The van der Waals surface area contributed by atoms with Gasteiger partial charge in [-0.2, -0.15) is 0 Å². The lowest BCUT2D eigenvalue weighted by Gasteiger charge is -2.16. The molecule has 1 heteroatoms. The lowest BCUT2D eigenvalue weighted by Crippen LogP contribution is -2.27. The van der Waals surface area contributed by atoms with Gasteiger partial charge in [-0.1, -0.05) is 32.9 Å². The van der Waals surface area contributed by atoms with Crippen molar-refractivity contribution >= 4 is 0 Å². The highest BCUT2D eigenvalue weighted by molar-refractivity contribution is 5.28. The number of hydrogen-bond donors (Lipinski definition) is 1. The monoisotopic (exact) mass is 167 g/mol. The van der Waals surface area contributed by atoms with E-state index >= 15 is 0 Å². The van der Waals surface area contributed by atoms with Gasteiger partial charge in [0.2, 0.25) is 0 Å². The topological polar surface area (TPSA) is 26.0 Å². The minimum absolute atomic E-state index is 0.0342. The van der Waals surface area contributed by atoms with E-state index in [2.05, 4.69) is 32.9 Å². The Morgan fingerprint density at radius 1 is 1.25 bits per heavy atom. The second-order valence-corrected chi connectivity index (χ2v) is 4.02. The molecular formula is C11H21N. The van der Waals surface area contributed by atoms with E-state index in [9.17, 15) is 0 Å². The Morgan fingerprint density at radius 2 is 1.83 bits per heavy atom. The van der Waals surface area contributed by atoms with Gasteiger partial charge in [0.25, 0.3) is 0 Å². The third kappa shape index (κ3) is 1.31. The van der Waals surface area contributed by atoms with Gasteiger partial charge in [-0.25, -0.2) is 0 Å². The quantitative estimate of drug-likeness (QED) is 0.640. The van der Waals surface area contributed by atoms with Gasteiger partial charge in [0.05, 0.1) is 0 Å². The third-order valence-corrected chi connectivity index (χ3v) is 3.50. The molecule has 1 rings (SSSR count). The summed E-state index contributed by atoms with van der Waals surface area (Å²) in [5.41, 5.74) is 6.71. The van der Waals surface area contributed by atoms with E-state index in [1.54, 1.807) is 0 Å². The Labute approximate surface area is 76.0 Å². The molecule has 0 heterocycles. The lowest BCUT2D eigenvalue weighted by atomic mass is 9.93. The smallest absolute Gasteiger partial charge is 0.0403 e. The molecule has 1 fully saturated rings. The minimum atomic E-state index is 0.0342. The standard InChI is InChI=1S/C11H21N/c1-4-7-8-11(12)9-10(11,5-2)6-3/h7-8H,4-6,9,12H2,1-3H3.